The molecule has 0 amide bonds. The predicted molar refractivity (Wildman–Crippen MR) is 58.1 cm³/mol. The number of aromatic amines is 1. The lowest BCUT2D eigenvalue weighted by Crippen LogP contribution is -2.41. The molecule has 4 N–H and O–H groups in total. The van der Waals surface area contributed by atoms with Gasteiger partial charge in [-0.15, -0.1) is 0 Å². The van der Waals surface area contributed by atoms with Crippen molar-refractivity contribution in [1.29, 1.82) is 0 Å². The van der Waals surface area contributed by atoms with Crippen molar-refractivity contribution in [2.45, 2.75) is 25.3 Å². The van der Waals surface area contributed by atoms with Crippen LogP contribution in [0.5, 0.6) is 0 Å². The van der Waals surface area contributed by atoms with Gasteiger partial charge in [-0.2, -0.15) is 0 Å². The molecule has 3 heteroatoms. The molecule has 0 saturated heterocycles. The average molecular weight is 193 g/mol. The normalized spacial score (nSPS) is 26.1. The zero-order valence-corrected chi connectivity index (χ0v) is 8.50. The molecule has 1 aromatic rings. The summed E-state index contributed by atoms with van der Waals surface area (Å²) in [5.41, 5.74) is 7.03. The van der Waals surface area contributed by atoms with Gasteiger partial charge in [-0.25, -0.2) is 0 Å². The third kappa shape index (κ3) is 2.59. The van der Waals surface area contributed by atoms with Crippen LogP contribution in [-0.4, -0.2) is 24.1 Å². The van der Waals surface area contributed by atoms with Crippen molar-refractivity contribution in [3.05, 3.63) is 24.0 Å². The third-order valence-electron chi connectivity index (χ3n) is 2.94. The third-order valence-corrected chi connectivity index (χ3v) is 2.94. The summed E-state index contributed by atoms with van der Waals surface area (Å²) >= 11 is 0. The number of rotatable bonds is 5. The van der Waals surface area contributed by atoms with Crippen molar-refractivity contribution in [2.24, 2.45) is 11.7 Å². The van der Waals surface area contributed by atoms with Crippen LogP contribution < -0.4 is 11.1 Å². The van der Waals surface area contributed by atoms with E-state index in [1.165, 1.54) is 18.5 Å². The number of hydrogen-bond acceptors (Lipinski definition) is 2. The Balaban J connectivity index is 1.52. The standard InChI is InChI=1S/C11H19N3/c12-10-6-9(7-10)8-13-5-3-11-2-1-4-14-11/h1-2,4,9-10,13-14H,3,5-8,12H2. The van der Waals surface area contributed by atoms with Gasteiger partial charge in [0.05, 0.1) is 0 Å². The molecule has 0 aromatic carbocycles. The average Bonchev–Trinajstić information content (AvgIpc) is 2.61. The fourth-order valence-electron chi connectivity index (χ4n) is 2.01. The molecule has 0 radical (unpaired) electrons. The molecule has 3 nitrogen and oxygen atoms in total. The summed E-state index contributed by atoms with van der Waals surface area (Å²) in [6.45, 7) is 2.20. The van der Waals surface area contributed by atoms with E-state index in [2.05, 4.69) is 16.4 Å². The second kappa shape index (κ2) is 4.62. The Morgan fingerprint density at radius 1 is 1.50 bits per heavy atom. The number of nitrogens with two attached hydrogens (primary N) is 1. The molecule has 0 unspecified atom stereocenters. The molecule has 1 heterocycles. The molecule has 2 rings (SSSR count). The van der Waals surface area contributed by atoms with Crippen LogP contribution in [-0.2, 0) is 6.42 Å². The predicted octanol–water partition coefficient (Wildman–Crippen LogP) is 0.884. The van der Waals surface area contributed by atoms with Crippen molar-refractivity contribution >= 4 is 0 Å². The Labute approximate surface area is 85.1 Å². The summed E-state index contributed by atoms with van der Waals surface area (Å²) in [5.74, 6) is 0.827. The minimum absolute atomic E-state index is 0.477. The fourth-order valence-corrected chi connectivity index (χ4v) is 2.01. The van der Waals surface area contributed by atoms with Crippen LogP contribution in [0.25, 0.3) is 0 Å². The van der Waals surface area contributed by atoms with Gasteiger partial charge < -0.3 is 16.0 Å². The topological polar surface area (TPSA) is 53.8 Å². The minimum atomic E-state index is 0.477. The lowest BCUT2D eigenvalue weighted by Gasteiger charge is -2.32. The first kappa shape index (κ1) is 9.74. The monoisotopic (exact) mass is 193 g/mol. The highest BCUT2D eigenvalue weighted by molar-refractivity contribution is 5.03. The van der Waals surface area contributed by atoms with E-state index in [0.717, 1.165) is 25.4 Å². The second-order valence-electron chi connectivity index (χ2n) is 4.25. The summed E-state index contributed by atoms with van der Waals surface area (Å²) in [6, 6.07) is 4.64. The van der Waals surface area contributed by atoms with Gasteiger partial charge in [-0.1, -0.05) is 0 Å². The van der Waals surface area contributed by atoms with Crippen LogP contribution in [0.1, 0.15) is 18.5 Å². The number of nitrogens with one attached hydrogen (secondary N) is 2. The number of H-pyrrole nitrogens is 1. The largest absolute Gasteiger partial charge is 0.365 e. The van der Waals surface area contributed by atoms with E-state index in [4.69, 9.17) is 5.73 Å². The zero-order chi connectivity index (χ0) is 9.80. The van der Waals surface area contributed by atoms with Crippen molar-refractivity contribution in [1.82, 2.24) is 10.3 Å². The van der Waals surface area contributed by atoms with E-state index in [-0.39, 0.29) is 0 Å². The van der Waals surface area contributed by atoms with Gasteiger partial charge in [-0.3, -0.25) is 0 Å². The van der Waals surface area contributed by atoms with Gasteiger partial charge >= 0.3 is 0 Å². The molecule has 0 aliphatic heterocycles. The highest BCUT2D eigenvalue weighted by Gasteiger charge is 2.24. The fraction of sp³-hybridized carbons (Fsp3) is 0.636. The Hall–Kier alpha value is -0.800. The molecule has 1 aromatic heterocycles. The SMILES string of the molecule is NC1CC(CNCCc2ccc[nH]2)C1. The van der Waals surface area contributed by atoms with Crippen molar-refractivity contribution in [3.63, 3.8) is 0 Å². The molecule has 0 atom stereocenters. The Kier molecular flexibility index (Phi) is 3.22. The van der Waals surface area contributed by atoms with Crippen molar-refractivity contribution < 1.29 is 0 Å². The maximum atomic E-state index is 5.72. The Bertz CT molecular complexity index is 250. The van der Waals surface area contributed by atoms with E-state index >= 15 is 0 Å². The smallest absolute Gasteiger partial charge is 0.0159 e. The van der Waals surface area contributed by atoms with Gasteiger partial charge in [0, 0.05) is 24.5 Å². The minimum Gasteiger partial charge on any atom is -0.365 e. The van der Waals surface area contributed by atoms with Gasteiger partial charge in [0.2, 0.25) is 0 Å². The molecule has 1 aliphatic carbocycles. The quantitative estimate of drug-likeness (QED) is 0.608. The molecular weight excluding hydrogens is 174 g/mol. The lowest BCUT2D eigenvalue weighted by atomic mass is 9.81. The van der Waals surface area contributed by atoms with Crippen LogP contribution in [0.2, 0.25) is 0 Å². The van der Waals surface area contributed by atoms with E-state index in [9.17, 15) is 0 Å². The molecule has 78 valence electrons. The van der Waals surface area contributed by atoms with Crippen molar-refractivity contribution in [3.8, 4) is 0 Å². The first-order chi connectivity index (χ1) is 6.84. The van der Waals surface area contributed by atoms with E-state index < -0.39 is 0 Å². The Morgan fingerprint density at radius 2 is 2.36 bits per heavy atom. The van der Waals surface area contributed by atoms with Crippen LogP contribution in [0.3, 0.4) is 0 Å². The first-order valence-electron chi connectivity index (χ1n) is 5.43. The van der Waals surface area contributed by atoms with Gasteiger partial charge in [0.1, 0.15) is 0 Å². The van der Waals surface area contributed by atoms with Gasteiger partial charge in [0.25, 0.3) is 0 Å². The summed E-state index contributed by atoms with van der Waals surface area (Å²) in [6.07, 6.45) is 5.47. The Morgan fingerprint density at radius 3 is 3.00 bits per heavy atom. The van der Waals surface area contributed by atoms with Gasteiger partial charge in [0.15, 0.2) is 0 Å². The highest BCUT2D eigenvalue weighted by atomic mass is 14.9. The van der Waals surface area contributed by atoms with Crippen LogP contribution in [0, 0.1) is 5.92 Å². The summed E-state index contributed by atoms with van der Waals surface area (Å²) in [5, 5.41) is 3.47. The van der Waals surface area contributed by atoms with E-state index in [1.54, 1.807) is 0 Å². The maximum Gasteiger partial charge on any atom is 0.0159 e. The summed E-state index contributed by atoms with van der Waals surface area (Å²) < 4.78 is 0. The zero-order valence-electron chi connectivity index (χ0n) is 8.50. The van der Waals surface area contributed by atoms with E-state index in [1.807, 2.05) is 12.3 Å². The van der Waals surface area contributed by atoms with Crippen LogP contribution >= 0.6 is 0 Å². The summed E-state index contributed by atoms with van der Waals surface area (Å²) in [4.78, 5) is 3.20. The number of hydrogen-bond donors (Lipinski definition) is 3. The van der Waals surface area contributed by atoms with Crippen LogP contribution in [0.15, 0.2) is 18.3 Å². The molecule has 1 saturated carbocycles. The van der Waals surface area contributed by atoms with Crippen LogP contribution in [0.4, 0.5) is 0 Å². The van der Waals surface area contributed by atoms with Gasteiger partial charge in [-0.05, 0) is 43.9 Å². The first-order valence-corrected chi connectivity index (χ1v) is 5.43. The molecule has 0 bridgehead atoms. The van der Waals surface area contributed by atoms with Crippen molar-refractivity contribution in [2.75, 3.05) is 13.1 Å². The number of aromatic nitrogens is 1. The molecule has 0 spiro atoms. The molecular formula is C11H19N3. The van der Waals surface area contributed by atoms with E-state index in [0.29, 0.717) is 6.04 Å². The second-order valence-corrected chi connectivity index (χ2v) is 4.25. The molecule has 14 heavy (non-hydrogen) atoms. The lowest BCUT2D eigenvalue weighted by molar-refractivity contribution is 0.257. The highest BCUT2D eigenvalue weighted by Crippen LogP contribution is 2.24. The molecule has 1 fully saturated rings. The maximum absolute atomic E-state index is 5.72. The summed E-state index contributed by atoms with van der Waals surface area (Å²) in [7, 11) is 0. The molecule has 1 aliphatic rings.